The number of hydrogen-bond acceptors (Lipinski definition) is 2. The number of fused-ring (bicyclic) bond motifs is 1. The zero-order valence-electron chi connectivity index (χ0n) is 15.7. The number of amides is 3. The summed E-state index contributed by atoms with van der Waals surface area (Å²) in [6.07, 6.45) is 6.24. The van der Waals surface area contributed by atoms with E-state index in [0.29, 0.717) is 23.2 Å². The topological polar surface area (TPSA) is 61.4 Å². The zero-order valence-corrected chi connectivity index (χ0v) is 15.7. The minimum absolute atomic E-state index is 0.0504. The number of nitrogens with zero attached hydrogens (tertiary/aromatic N) is 1. The van der Waals surface area contributed by atoms with E-state index in [4.69, 9.17) is 0 Å². The van der Waals surface area contributed by atoms with E-state index in [-0.39, 0.29) is 18.0 Å². The van der Waals surface area contributed by atoms with Gasteiger partial charge in [0.05, 0.1) is 11.3 Å². The summed E-state index contributed by atoms with van der Waals surface area (Å²) in [5.41, 5.74) is 1.20. The monoisotopic (exact) mass is 355 g/mol. The van der Waals surface area contributed by atoms with Gasteiger partial charge in [0.15, 0.2) is 0 Å². The predicted octanol–water partition coefficient (Wildman–Crippen LogP) is 3.87. The van der Waals surface area contributed by atoms with E-state index in [9.17, 15) is 9.59 Å². The maximum Gasteiger partial charge on any atom is 0.319 e. The third-order valence-corrected chi connectivity index (χ3v) is 6.19. The van der Waals surface area contributed by atoms with Crippen LogP contribution in [0, 0.1) is 17.8 Å². The highest BCUT2D eigenvalue weighted by Gasteiger charge is 2.44. The molecule has 3 amide bonds. The third kappa shape index (κ3) is 3.44. The van der Waals surface area contributed by atoms with Gasteiger partial charge in [-0.25, -0.2) is 4.79 Å². The molecule has 4 aliphatic rings. The molecule has 2 N–H and O–H groups in total. The van der Waals surface area contributed by atoms with Crippen molar-refractivity contribution in [3.63, 3.8) is 0 Å². The maximum atomic E-state index is 13.4. The Kier molecular flexibility index (Phi) is 4.63. The SMILES string of the molecule is CC(C)NC(=O)Nc1ccccc1C(=O)N1CC2CC3CC(C2)CC1C3. The Labute approximate surface area is 155 Å². The molecule has 4 fully saturated rings. The van der Waals surface area contributed by atoms with Crippen molar-refractivity contribution in [2.24, 2.45) is 17.8 Å². The molecule has 0 aromatic heterocycles. The molecule has 2 atom stereocenters. The van der Waals surface area contributed by atoms with Crippen molar-refractivity contribution in [1.29, 1.82) is 0 Å². The smallest absolute Gasteiger partial charge is 0.319 e. The molecule has 4 bridgehead atoms. The molecule has 1 aromatic carbocycles. The number of rotatable bonds is 3. The first-order valence-corrected chi connectivity index (χ1v) is 9.97. The van der Waals surface area contributed by atoms with Gasteiger partial charge in [-0.15, -0.1) is 0 Å². The Balaban J connectivity index is 1.56. The van der Waals surface area contributed by atoms with Crippen LogP contribution in [0.25, 0.3) is 0 Å². The molecule has 5 rings (SSSR count). The number of carbonyl (C=O) groups excluding carboxylic acids is 2. The van der Waals surface area contributed by atoms with Gasteiger partial charge in [0.25, 0.3) is 5.91 Å². The molecule has 5 nitrogen and oxygen atoms in total. The van der Waals surface area contributed by atoms with Gasteiger partial charge in [0, 0.05) is 18.6 Å². The summed E-state index contributed by atoms with van der Waals surface area (Å²) in [6.45, 7) is 4.71. The van der Waals surface area contributed by atoms with Crippen LogP contribution in [0.2, 0.25) is 0 Å². The van der Waals surface area contributed by atoms with Gasteiger partial charge in [0.2, 0.25) is 0 Å². The van der Waals surface area contributed by atoms with Gasteiger partial charge >= 0.3 is 6.03 Å². The first-order chi connectivity index (χ1) is 12.5. The fourth-order valence-corrected chi connectivity index (χ4v) is 5.39. The number of benzene rings is 1. The molecule has 5 heteroatoms. The maximum absolute atomic E-state index is 13.4. The molecular formula is C21H29N3O2. The van der Waals surface area contributed by atoms with Crippen LogP contribution in [0.4, 0.5) is 10.5 Å². The summed E-state index contributed by atoms with van der Waals surface area (Å²) < 4.78 is 0. The average Bonchev–Trinajstić information content (AvgIpc) is 2.77. The quantitative estimate of drug-likeness (QED) is 0.865. The largest absolute Gasteiger partial charge is 0.336 e. The summed E-state index contributed by atoms with van der Waals surface area (Å²) in [5.74, 6) is 2.34. The highest BCUT2D eigenvalue weighted by molar-refractivity contribution is 6.03. The fourth-order valence-electron chi connectivity index (χ4n) is 5.39. The Bertz CT molecular complexity index is 688. The Morgan fingerprint density at radius 1 is 1.00 bits per heavy atom. The molecule has 2 heterocycles. The minimum atomic E-state index is -0.267. The van der Waals surface area contributed by atoms with Crippen molar-refractivity contribution < 1.29 is 9.59 Å². The van der Waals surface area contributed by atoms with Crippen molar-refractivity contribution in [3.8, 4) is 0 Å². The van der Waals surface area contributed by atoms with Gasteiger partial charge < -0.3 is 15.5 Å². The van der Waals surface area contributed by atoms with E-state index in [1.165, 1.54) is 19.3 Å². The molecule has 140 valence electrons. The van der Waals surface area contributed by atoms with Crippen molar-refractivity contribution in [2.45, 2.75) is 58.0 Å². The number of urea groups is 1. The normalized spacial score (nSPS) is 29.6. The van der Waals surface area contributed by atoms with Crippen molar-refractivity contribution in [1.82, 2.24) is 10.2 Å². The fraction of sp³-hybridized carbons (Fsp3) is 0.619. The molecule has 2 aliphatic heterocycles. The molecule has 0 radical (unpaired) electrons. The van der Waals surface area contributed by atoms with Crippen LogP contribution < -0.4 is 10.6 Å². The van der Waals surface area contributed by atoms with Crippen molar-refractivity contribution in [2.75, 3.05) is 11.9 Å². The Morgan fingerprint density at radius 2 is 1.65 bits per heavy atom. The number of carbonyl (C=O) groups is 2. The molecule has 2 saturated carbocycles. The lowest BCUT2D eigenvalue weighted by Gasteiger charge is -2.39. The first-order valence-electron chi connectivity index (χ1n) is 9.97. The molecule has 2 unspecified atom stereocenters. The summed E-state index contributed by atoms with van der Waals surface area (Å²) >= 11 is 0. The van der Waals surface area contributed by atoms with Crippen LogP contribution in [0.1, 0.15) is 56.3 Å². The summed E-state index contributed by atoms with van der Waals surface area (Å²) in [4.78, 5) is 27.6. The van der Waals surface area contributed by atoms with E-state index in [0.717, 1.165) is 31.2 Å². The number of para-hydroxylation sites is 1. The second-order valence-corrected chi connectivity index (χ2v) is 8.69. The van der Waals surface area contributed by atoms with E-state index in [2.05, 4.69) is 15.5 Å². The van der Waals surface area contributed by atoms with Gasteiger partial charge in [-0.3, -0.25) is 4.79 Å². The molecule has 2 aliphatic carbocycles. The van der Waals surface area contributed by atoms with E-state index in [1.807, 2.05) is 38.1 Å². The highest BCUT2D eigenvalue weighted by atomic mass is 16.2. The van der Waals surface area contributed by atoms with Crippen LogP contribution in [-0.2, 0) is 0 Å². The Hall–Kier alpha value is -2.04. The third-order valence-electron chi connectivity index (χ3n) is 6.19. The molecular weight excluding hydrogens is 326 g/mol. The standard InChI is InChI=1S/C21H29N3O2/c1-13(2)22-21(26)23-19-6-4-3-5-18(19)20(25)24-12-16-8-14-7-15(9-16)11-17(24)10-14/h3-6,13-17H,7-12H2,1-2H3,(H2,22,23,26). The van der Waals surface area contributed by atoms with Gasteiger partial charge in [-0.05, 0) is 75.8 Å². The van der Waals surface area contributed by atoms with Crippen LogP contribution in [-0.4, -0.2) is 35.5 Å². The minimum Gasteiger partial charge on any atom is -0.336 e. The zero-order chi connectivity index (χ0) is 18.3. The lowest BCUT2D eigenvalue weighted by atomic mass is 9.68. The van der Waals surface area contributed by atoms with Gasteiger partial charge in [-0.1, -0.05) is 12.1 Å². The lowest BCUT2D eigenvalue weighted by Crippen LogP contribution is -2.42. The number of nitrogens with one attached hydrogen (secondary N) is 2. The van der Waals surface area contributed by atoms with Crippen LogP contribution in [0.5, 0.6) is 0 Å². The average molecular weight is 355 g/mol. The van der Waals surface area contributed by atoms with E-state index >= 15 is 0 Å². The van der Waals surface area contributed by atoms with Crippen LogP contribution in [0.15, 0.2) is 24.3 Å². The Morgan fingerprint density at radius 3 is 2.35 bits per heavy atom. The highest BCUT2D eigenvalue weighted by Crippen LogP contribution is 2.47. The first kappa shape index (κ1) is 17.4. The number of anilines is 1. The molecule has 1 aromatic rings. The molecule has 2 saturated heterocycles. The molecule has 26 heavy (non-hydrogen) atoms. The summed E-state index contributed by atoms with van der Waals surface area (Å²) in [6, 6.07) is 7.54. The second-order valence-electron chi connectivity index (χ2n) is 8.69. The van der Waals surface area contributed by atoms with Crippen LogP contribution >= 0.6 is 0 Å². The molecule has 0 spiro atoms. The second kappa shape index (κ2) is 6.93. The van der Waals surface area contributed by atoms with E-state index in [1.54, 1.807) is 0 Å². The van der Waals surface area contributed by atoms with E-state index < -0.39 is 0 Å². The summed E-state index contributed by atoms with van der Waals surface area (Å²) in [5, 5.41) is 5.68. The van der Waals surface area contributed by atoms with Crippen LogP contribution in [0.3, 0.4) is 0 Å². The van der Waals surface area contributed by atoms with Gasteiger partial charge in [0.1, 0.15) is 0 Å². The van der Waals surface area contributed by atoms with Crippen molar-refractivity contribution >= 4 is 17.6 Å². The summed E-state index contributed by atoms with van der Waals surface area (Å²) in [7, 11) is 0. The predicted molar refractivity (Wildman–Crippen MR) is 102 cm³/mol. The number of hydrogen-bond donors (Lipinski definition) is 2. The van der Waals surface area contributed by atoms with Gasteiger partial charge in [-0.2, -0.15) is 0 Å². The lowest BCUT2D eigenvalue weighted by molar-refractivity contribution is 0.0634. The van der Waals surface area contributed by atoms with Crippen molar-refractivity contribution in [3.05, 3.63) is 29.8 Å².